The summed E-state index contributed by atoms with van der Waals surface area (Å²) in [7, 11) is 3.10. The minimum atomic E-state index is -0.487. The topological polar surface area (TPSA) is 71.1 Å². The quantitative estimate of drug-likeness (QED) is 0.355. The van der Waals surface area contributed by atoms with Crippen LogP contribution in [-0.4, -0.2) is 26.0 Å². The number of fused-ring (bicyclic) bond motifs is 1. The Balaban J connectivity index is 1.58. The number of methoxy groups -OCH3 is 2. The molecule has 1 heterocycles. The number of esters is 1. The van der Waals surface area contributed by atoms with E-state index in [2.05, 4.69) is 0 Å². The molecule has 3 aromatic carbocycles. The molecule has 0 unspecified atom stereocenters. The number of carbonyl (C=O) groups is 2. The second-order valence-electron chi connectivity index (χ2n) is 6.46. The number of ether oxygens (including phenoxy) is 4. The number of hydrogen-bond acceptors (Lipinski definition) is 6. The van der Waals surface area contributed by atoms with E-state index in [4.69, 9.17) is 18.9 Å². The minimum absolute atomic E-state index is 0.153. The van der Waals surface area contributed by atoms with Crippen molar-refractivity contribution in [1.82, 2.24) is 0 Å². The van der Waals surface area contributed by atoms with Gasteiger partial charge in [-0.3, -0.25) is 4.79 Å². The molecular formula is C24H18O6. The van der Waals surface area contributed by atoms with Crippen LogP contribution in [0.15, 0.2) is 72.5 Å². The van der Waals surface area contributed by atoms with Gasteiger partial charge in [0.05, 0.1) is 25.3 Å². The normalized spacial score (nSPS) is 13.5. The molecule has 30 heavy (non-hydrogen) atoms. The second kappa shape index (κ2) is 8.13. The van der Waals surface area contributed by atoms with Gasteiger partial charge in [-0.2, -0.15) is 0 Å². The first-order chi connectivity index (χ1) is 14.6. The predicted octanol–water partition coefficient (Wildman–Crippen LogP) is 4.54. The van der Waals surface area contributed by atoms with Crippen molar-refractivity contribution >= 4 is 17.8 Å². The van der Waals surface area contributed by atoms with Crippen LogP contribution in [0.2, 0.25) is 0 Å². The van der Waals surface area contributed by atoms with Gasteiger partial charge in [0.2, 0.25) is 5.78 Å². The lowest BCUT2D eigenvalue weighted by Crippen LogP contribution is -2.08. The van der Waals surface area contributed by atoms with E-state index >= 15 is 0 Å². The highest BCUT2D eigenvalue weighted by molar-refractivity contribution is 6.14. The molecule has 0 fully saturated rings. The third-order valence-electron chi connectivity index (χ3n) is 4.59. The Morgan fingerprint density at radius 2 is 1.67 bits per heavy atom. The minimum Gasteiger partial charge on any atom is -0.497 e. The molecule has 1 aliphatic rings. The number of allylic oxidation sites excluding steroid dienone is 1. The molecule has 0 aromatic heterocycles. The summed E-state index contributed by atoms with van der Waals surface area (Å²) in [5, 5.41) is 0. The zero-order valence-corrected chi connectivity index (χ0v) is 16.4. The maximum absolute atomic E-state index is 12.7. The molecule has 6 heteroatoms. The summed E-state index contributed by atoms with van der Waals surface area (Å²) in [6.45, 7) is 0. The summed E-state index contributed by atoms with van der Waals surface area (Å²) in [5.74, 6) is 1.21. The Bertz CT molecular complexity index is 1150. The number of carbonyl (C=O) groups excluding carboxylic acids is 2. The van der Waals surface area contributed by atoms with Crippen molar-refractivity contribution in [1.29, 1.82) is 0 Å². The summed E-state index contributed by atoms with van der Waals surface area (Å²) in [6.07, 6.45) is 1.61. The van der Waals surface area contributed by atoms with Gasteiger partial charge in [-0.15, -0.1) is 0 Å². The Hall–Kier alpha value is -4.06. The fraction of sp³-hybridized carbons (Fsp3) is 0.0833. The first-order valence-electron chi connectivity index (χ1n) is 9.16. The van der Waals surface area contributed by atoms with Crippen molar-refractivity contribution < 1.29 is 28.5 Å². The van der Waals surface area contributed by atoms with E-state index in [-0.39, 0.29) is 11.5 Å². The Morgan fingerprint density at radius 1 is 0.900 bits per heavy atom. The lowest BCUT2D eigenvalue weighted by molar-refractivity contribution is 0.0734. The van der Waals surface area contributed by atoms with Gasteiger partial charge < -0.3 is 18.9 Å². The van der Waals surface area contributed by atoms with Gasteiger partial charge in [-0.05, 0) is 42.5 Å². The molecule has 4 rings (SSSR count). The lowest BCUT2D eigenvalue weighted by atomic mass is 10.1. The van der Waals surface area contributed by atoms with Crippen LogP contribution >= 0.6 is 0 Å². The van der Waals surface area contributed by atoms with Gasteiger partial charge >= 0.3 is 5.97 Å². The molecule has 0 N–H and O–H groups in total. The molecule has 1 aliphatic heterocycles. The zero-order chi connectivity index (χ0) is 21.1. The molecule has 0 spiro atoms. The maximum Gasteiger partial charge on any atom is 0.343 e. The van der Waals surface area contributed by atoms with E-state index in [9.17, 15) is 9.59 Å². The van der Waals surface area contributed by atoms with Crippen LogP contribution in [0.5, 0.6) is 23.0 Å². The third kappa shape index (κ3) is 3.75. The van der Waals surface area contributed by atoms with Crippen molar-refractivity contribution in [3.05, 3.63) is 89.2 Å². The molecule has 0 bridgehead atoms. The van der Waals surface area contributed by atoms with Crippen molar-refractivity contribution in [2.75, 3.05) is 14.2 Å². The second-order valence-corrected chi connectivity index (χ2v) is 6.46. The van der Waals surface area contributed by atoms with Gasteiger partial charge in [0.25, 0.3) is 0 Å². The average molecular weight is 402 g/mol. The van der Waals surface area contributed by atoms with E-state index in [1.807, 2.05) is 6.07 Å². The first-order valence-corrected chi connectivity index (χ1v) is 9.16. The number of benzene rings is 3. The van der Waals surface area contributed by atoms with E-state index < -0.39 is 5.97 Å². The van der Waals surface area contributed by atoms with Gasteiger partial charge in [0.15, 0.2) is 5.76 Å². The van der Waals surface area contributed by atoms with Crippen molar-refractivity contribution in [2.45, 2.75) is 0 Å². The number of ketones is 1. The highest BCUT2D eigenvalue weighted by atomic mass is 16.5. The highest BCUT2D eigenvalue weighted by Crippen LogP contribution is 2.36. The molecule has 0 aliphatic carbocycles. The molecule has 0 amide bonds. The summed E-state index contributed by atoms with van der Waals surface area (Å²) in [6, 6.07) is 18.6. The zero-order valence-electron chi connectivity index (χ0n) is 16.4. The largest absolute Gasteiger partial charge is 0.497 e. The summed E-state index contributed by atoms with van der Waals surface area (Å²) in [4.78, 5) is 25.0. The predicted molar refractivity (Wildman–Crippen MR) is 110 cm³/mol. The first kappa shape index (κ1) is 19.3. The van der Waals surface area contributed by atoms with Crippen LogP contribution in [0.3, 0.4) is 0 Å². The molecule has 3 aromatic rings. The Kier molecular flexibility index (Phi) is 5.22. The van der Waals surface area contributed by atoms with E-state index in [0.717, 1.165) is 0 Å². The molecule has 6 nitrogen and oxygen atoms in total. The van der Waals surface area contributed by atoms with Crippen LogP contribution in [-0.2, 0) is 0 Å². The lowest BCUT2D eigenvalue weighted by Gasteiger charge is -2.08. The maximum atomic E-state index is 12.7. The molecule has 0 radical (unpaired) electrons. The smallest absolute Gasteiger partial charge is 0.343 e. The third-order valence-corrected chi connectivity index (χ3v) is 4.59. The summed E-state index contributed by atoms with van der Waals surface area (Å²) >= 11 is 0. The van der Waals surface area contributed by atoms with Gasteiger partial charge in [-0.25, -0.2) is 4.79 Å². The van der Waals surface area contributed by atoms with Crippen molar-refractivity contribution in [3.8, 4) is 23.0 Å². The van der Waals surface area contributed by atoms with E-state index in [1.54, 1.807) is 67.8 Å². The summed E-state index contributed by atoms with van der Waals surface area (Å²) < 4.78 is 21.7. The number of Topliss-reactive ketones (excluding diaryl/α,β-unsaturated/α-hetero) is 1. The van der Waals surface area contributed by atoms with E-state index in [0.29, 0.717) is 39.7 Å². The van der Waals surface area contributed by atoms with Crippen LogP contribution in [0.1, 0.15) is 26.3 Å². The van der Waals surface area contributed by atoms with Crippen LogP contribution in [0.4, 0.5) is 0 Å². The van der Waals surface area contributed by atoms with Crippen molar-refractivity contribution in [2.24, 2.45) is 0 Å². The van der Waals surface area contributed by atoms with Gasteiger partial charge in [0.1, 0.15) is 23.0 Å². The Labute approximate surface area is 173 Å². The molecule has 0 saturated heterocycles. The fourth-order valence-corrected chi connectivity index (χ4v) is 3.05. The van der Waals surface area contributed by atoms with Gasteiger partial charge in [0, 0.05) is 17.7 Å². The van der Waals surface area contributed by atoms with Crippen LogP contribution in [0.25, 0.3) is 6.08 Å². The number of rotatable bonds is 5. The average Bonchev–Trinajstić information content (AvgIpc) is 3.09. The summed E-state index contributed by atoms with van der Waals surface area (Å²) in [5.41, 5.74) is 1.50. The SMILES string of the molecule is COc1ccc(C=C2Oc3cc(OC(=O)c4ccccc4)ccc3C2=O)c(OC)c1. The monoisotopic (exact) mass is 402 g/mol. The molecule has 0 atom stereocenters. The molecule has 0 saturated carbocycles. The van der Waals surface area contributed by atoms with Crippen LogP contribution in [0, 0.1) is 0 Å². The molecule has 150 valence electrons. The molecular weight excluding hydrogens is 384 g/mol. The van der Waals surface area contributed by atoms with Crippen LogP contribution < -0.4 is 18.9 Å². The van der Waals surface area contributed by atoms with Crippen molar-refractivity contribution in [3.63, 3.8) is 0 Å². The standard InChI is InChI=1S/C24H18O6/c1-27-17-9-8-16(20(13-17)28-2)12-22-23(25)19-11-10-18(14-21(19)30-22)29-24(26)15-6-4-3-5-7-15/h3-14H,1-2H3. The van der Waals surface area contributed by atoms with E-state index in [1.165, 1.54) is 13.2 Å². The van der Waals surface area contributed by atoms with Gasteiger partial charge in [-0.1, -0.05) is 18.2 Å². The fourth-order valence-electron chi connectivity index (χ4n) is 3.05. The highest BCUT2D eigenvalue weighted by Gasteiger charge is 2.28. The Morgan fingerprint density at radius 3 is 2.40 bits per heavy atom. The number of hydrogen-bond donors (Lipinski definition) is 0.